The quantitative estimate of drug-likeness (QED) is 0.226. The molecule has 3 aromatic rings. The fourth-order valence-electron chi connectivity index (χ4n) is 4.57. The van der Waals surface area contributed by atoms with E-state index >= 15 is 0 Å². The first kappa shape index (κ1) is 31.7. The van der Waals surface area contributed by atoms with Crippen molar-refractivity contribution in [3.8, 4) is 17.6 Å². The standard InChI is InChI=1S/C27H26F7N3O3S2/c1-37-12-10-23(26(30,31)15-37)36-20-6-3-5-17-18(14-27(32,33)34)22(41-24(17)20)7-4-11-35-19-9-8-16(42(2,38)39)13-21(19)40-25(28)29/h3,5-6,8-9,13,23,25,35-36H,10-12,14-15H2,1-2H3. The molecule has 6 nitrogen and oxygen atoms in total. The fourth-order valence-corrected chi connectivity index (χ4v) is 6.38. The van der Waals surface area contributed by atoms with Crippen LogP contribution in [0, 0.1) is 11.8 Å². The molecule has 1 aliphatic heterocycles. The molecule has 0 spiro atoms. The predicted molar refractivity (Wildman–Crippen MR) is 148 cm³/mol. The molecule has 4 rings (SSSR count). The lowest BCUT2D eigenvalue weighted by atomic mass is 10.0. The van der Waals surface area contributed by atoms with Gasteiger partial charge in [-0.15, -0.1) is 11.3 Å². The van der Waals surface area contributed by atoms with Crippen molar-refractivity contribution in [1.29, 1.82) is 0 Å². The Kier molecular flexibility index (Phi) is 9.19. The van der Waals surface area contributed by atoms with Gasteiger partial charge in [0, 0.05) is 18.9 Å². The molecule has 1 aliphatic rings. The second-order valence-electron chi connectivity index (χ2n) is 9.83. The number of ether oxygens (including phenoxy) is 1. The van der Waals surface area contributed by atoms with Crippen LogP contribution in [0.25, 0.3) is 10.1 Å². The molecule has 0 amide bonds. The summed E-state index contributed by atoms with van der Waals surface area (Å²) in [5.41, 5.74) is 0.170. The van der Waals surface area contributed by atoms with E-state index in [1.165, 1.54) is 35.2 Å². The molecule has 2 heterocycles. The second kappa shape index (κ2) is 12.2. The minimum absolute atomic E-state index is 0.00519. The number of piperidine rings is 1. The fraction of sp³-hybridized carbons (Fsp3) is 0.407. The number of nitrogens with zero attached hydrogens (tertiary/aromatic N) is 1. The number of benzene rings is 2. The van der Waals surface area contributed by atoms with Crippen molar-refractivity contribution in [2.75, 3.05) is 43.6 Å². The summed E-state index contributed by atoms with van der Waals surface area (Å²) in [6.07, 6.45) is -4.83. The maximum absolute atomic E-state index is 14.7. The number of nitrogens with one attached hydrogen (secondary N) is 2. The Balaban J connectivity index is 1.63. The molecular weight excluding hydrogens is 611 g/mol. The molecule has 1 aromatic heterocycles. The van der Waals surface area contributed by atoms with Crippen LogP contribution in [0.3, 0.4) is 0 Å². The van der Waals surface area contributed by atoms with Crippen LogP contribution in [0.1, 0.15) is 16.9 Å². The summed E-state index contributed by atoms with van der Waals surface area (Å²) in [5.74, 6) is 1.84. The van der Waals surface area contributed by atoms with Gasteiger partial charge in [0.2, 0.25) is 0 Å². The zero-order valence-corrected chi connectivity index (χ0v) is 23.9. The first-order valence-electron chi connectivity index (χ1n) is 12.5. The third-order valence-corrected chi connectivity index (χ3v) is 8.79. The Morgan fingerprint density at radius 2 is 1.93 bits per heavy atom. The van der Waals surface area contributed by atoms with E-state index in [1.54, 1.807) is 7.05 Å². The van der Waals surface area contributed by atoms with Gasteiger partial charge in [-0.1, -0.05) is 24.0 Å². The number of alkyl halides is 7. The number of halogens is 7. The maximum Gasteiger partial charge on any atom is 0.393 e. The molecule has 2 N–H and O–H groups in total. The Morgan fingerprint density at radius 3 is 2.57 bits per heavy atom. The van der Waals surface area contributed by atoms with Crippen molar-refractivity contribution >= 4 is 42.6 Å². The Bertz CT molecular complexity index is 1610. The van der Waals surface area contributed by atoms with Crippen LogP contribution in [0.4, 0.5) is 42.1 Å². The van der Waals surface area contributed by atoms with Gasteiger partial charge in [0.15, 0.2) is 15.6 Å². The van der Waals surface area contributed by atoms with Gasteiger partial charge in [0.05, 0.1) is 51.4 Å². The molecule has 2 aromatic carbocycles. The molecule has 1 saturated heterocycles. The zero-order chi connectivity index (χ0) is 30.9. The molecule has 15 heteroatoms. The monoisotopic (exact) mass is 637 g/mol. The van der Waals surface area contributed by atoms with Crippen LogP contribution in [-0.4, -0.2) is 71.0 Å². The third-order valence-electron chi connectivity index (χ3n) is 6.48. The lowest BCUT2D eigenvalue weighted by Crippen LogP contribution is -2.53. The van der Waals surface area contributed by atoms with Crippen molar-refractivity contribution in [2.45, 2.75) is 42.5 Å². The summed E-state index contributed by atoms with van der Waals surface area (Å²) in [7, 11) is -2.13. The largest absolute Gasteiger partial charge is 0.433 e. The summed E-state index contributed by atoms with van der Waals surface area (Å²) >= 11 is 0.933. The van der Waals surface area contributed by atoms with Crippen LogP contribution in [0.15, 0.2) is 41.3 Å². The van der Waals surface area contributed by atoms with E-state index in [0.717, 1.165) is 23.7 Å². The maximum atomic E-state index is 14.7. The average Bonchev–Trinajstić information content (AvgIpc) is 3.19. The highest BCUT2D eigenvalue weighted by Gasteiger charge is 2.44. The van der Waals surface area contributed by atoms with Gasteiger partial charge in [-0.3, -0.25) is 0 Å². The number of hydrogen-bond acceptors (Lipinski definition) is 7. The normalized spacial score (nSPS) is 17.6. The highest BCUT2D eigenvalue weighted by Crippen LogP contribution is 2.40. The minimum atomic E-state index is -4.57. The summed E-state index contributed by atoms with van der Waals surface area (Å²) in [4.78, 5) is 1.33. The zero-order valence-electron chi connectivity index (χ0n) is 22.3. The lowest BCUT2D eigenvalue weighted by Gasteiger charge is -2.37. The first-order chi connectivity index (χ1) is 19.5. The number of rotatable bonds is 8. The molecule has 42 heavy (non-hydrogen) atoms. The number of anilines is 2. The van der Waals surface area contributed by atoms with Crippen molar-refractivity contribution in [3.05, 3.63) is 46.8 Å². The molecule has 1 fully saturated rings. The summed E-state index contributed by atoms with van der Waals surface area (Å²) in [5, 5.41) is 5.78. The molecule has 1 atom stereocenters. The summed E-state index contributed by atoms with van der Waals surface area (Å²) in [6, 6.07) is 6.62. The molecule has 1 unspecified atom stereocenters. The number of fused-ring (bicyclic) bond motifs is 1. The van der Waals surface area contributed by atoms with Crippen LogP contribution in [0.2, 0.25) is 0 Å². The second-order valence-corrected chi connectivity index (χ2v) is 12.9. The van der Waals surface area contributed by atoms with Crippen molar-refractivity contribution in [3.63, 3.8) is 0 Å². The van der Waals surface area contributed by atoms with Gasteiger partial charge in [-0.05, 0) is 42.6 Å². The van der Waals surface area contributed by atoms with Gasteiger partial charge in [-0.25, -0.2) is 17.2 Å². The molecule has 0 radical (unpaired) electrons. The van der Waals surface area contributed by atoms with Gasteiger partial charge >= 0.3 is 12.8 Å². The molecule has 0 aliphatic carbocycles. The number of likely N-dealkylation sites (tertiary alicyclic amines) is 1. The average molecular weight is 638 g/mol. The van der Waals surface area contributed by atoms with Crippen molar-refractivity contribution in [2.24, 2.45) is 0 Å². The highest BCUT2D eigenvalue weighted by atomic mass is 32.2. The van der Waals surface area contributed by atoms with Crippen LogP contribution < -0.4 is 15.4 Å². The van der Waals surface area contributed by atoms with E-state index < -0.39 is 53.3 Å². The number of thiophene rings is 1. The van der Waals surface area contributed by atoms with Gasteiger partial charge in [-0.2, -0.15) is 22.0 Å². The molecule has 0 bridgehead atoms. The molecule has 228 valence electrons. The summed E-state index contributed by atoms with van der Waals surface area (Å²) < 4.78 is 124. The van der Waals surface area contributed by atoms with E-state index in [4.69, 9.17) is 0 Å². The lowest BCUT2D eigenvalue weighted by molar-refractivity contribution is -0.127. The number of sulfone groups is 1. The van der Waals surface area contributed by atoms with Gasteiger partial charge in [0.25, 0.3) is 5.92 Å². The van der Waals surface area contributed by atoms with E-state index in [2.05, 4.69) is 27.2 Å². The first-order valence-corrected chi connectivity index (χ1v) is 15.2. The minimum Gasteiger partial charge on any atom is -0.433 e. The van der Waals surface area contributed by atoms with Crippen molar-refractivity contribution in [1.82, 2.24) is 4.90 Å². The summed E-state index contributed by atoms with van der Waals surface area (Å²) in [6.45, 7) is -3.48. The smallest absolute Gasteiger partial charge is 0.393 e. The topological polar surface area (TPSA) is 70.7 Å². The van der Waals surface area contributed by atoms with E-state index in [1.807, 2.05) is 0 Å². The van der Waals surface area contributed by atoms with E-state index in [9.17, 15) is 39.2 Å². The number of hydrogen-bond donors (Lipinski definition) is 2. The third kappa shape index (κ3) is 7.78. The predicted octanol–water partition coefficient (Wildman–Crippen LogP) is 6.23. The van der Waals surface area contributed by atoms with Gasteiger partial charge in [0.1, 0.15) is 0 Å². The Labute approximate surface area is 241 Å². The van der Waals surface area contributed by atoms with Crippen molar-refractivity contribution < 1.29 is 43.9 Å². The molecule has 0 saturated carbocycles. The Hall–Kier alpha value is -3.22. The van der Waals surface area contributed by atoms with Crippen LogP contribution >= 0.6 is 11.3 Å². The highest BCUT2D eigenvalue weighted by molar-refractivity contribution is 7.90. The van der Waals surface area contributed by atoms with Crippen LogP contribution in [-0.2, 0) is 16.3 Å². The van der Waals surface area contributed by atoms with E-state index in [0.29, 0.717) is 11.2 Å². The van der Waals surface area contributed by atoms with E-state index in [-0.39, 0.29) is 45.1 Å². The molecular formula is C27H26F7N3O3S2. The van der Waals surface area contributed by atoms with Gasteiger partial charge < -0.3 is 20.3 Å². The van der Waals surface area contributed by atoms with Crippen LogP contribution in [0.5, 0.6) is 5.75 Å². The SMILES string of the molecule is CN1CCC(Nc2cccc3c(CC(F)(F)F)c(C#CCNc4ccc(S(C)(=O)=O)cc4OC(F)F)sc23)C(F)(F)C1. The Morgan fingerprint density at radius 1 is 1.19 bits per heavy atom.